The molecule has 3 aromatic carbocycles. The van der Waals surface area contributed by atoms with Crippen molar-refractivity contribution in [1.29, 1.82) is 31.6 Å². The van der Waals surface area contributed by atoms with Crippen molar-refractivity contribution in [2.24, 2.45) is 0 Å². The molecule has 0 fully saturated rings. The minimum absolute atomic E-state index is 0.173. The molecule has 0 heterocycles. The van der Waals surface area contributed by atoms with Crippen LogP contribution in [0.4, 0.5) is 22.0 Å². The first kappa shape index (κ1) is 27.8. The smallest absolute Gasteiger partial charge is 0.159 e. The first-order valence-corrected chi connectivity index (χ1v) is 11.8. The SMILES string of the molecule is N#CC(C#N)=C1C(c2ccc(F)c(F)c2)=C(C#N)c2c1cc1c(c2F)C(C#N)=C(c2ccc(F)c(F)c2)C1=C(C#N)C#N. The summed E-state index contributed by atoms with van der Waals surface area (Å²) < 4.78 is 72.7. The van der Waals surface area contributed by atoms with E-state index in [1.54, 1.807) is 36.4 Å². The molecule has 200 valence electrons. The molecule has 43 heavy (non-hydrogen) atoms. The van der Waals surface area contributed by atoms with Gasteiger partial charge in [0.2, 0.25) is 0 Å². The number of hydrogen-bond acceptors (Lipinski definition) is 6. The number of fused-ring (bicyclic) bond motifs is 2. The third-order valence-corrected chi connectivity index (χ3v) is 6.89. The molecular weight excluding hydrogens is 563 g/mol. The highest BCUT2D eigenvalue weighted by atomic mass is 19.2. The van der Waals surface area contributed by atoms with Gasteiger partial charge in [0.1, 0.15) is 53.4 Å². The minimum atomic E-state index is -1.33. The number of hydrogen-bond donors (Lipinski definition) is 0. The number of allylic oxidation sites excluding steroid dienone is 8. The number of rotatable bonds is 2. The van der Waals surface area contributed by atoms with E-state index in [9.17, 15) is 49.1 Å². The summed E-state index contributed by atoms with van der Waals surface area (Å²) >= 11 is 0. The molecule has 0 saturated carbocycles. The second kappa shape index (κ2) is 10.3. The van der Waals surface area contributed by atoms with Crippen molar-refractivity contribution in [3.63, 3.8) is 0 Å². The third-order valence-electron chi connectivity index (χ3n) is 6.89. The Morgan fingerprint density at radius 2 is 0.860 bits per heavy atom. The fourth-order valence-corrected chi connectivity index (χ4v) is 5.20. The maximum Gasteiger partial charge on any atom is 0.159 e. The average Bonchev–Trinajstić information content (AvgIpc) is 3.51. The van der Waals surface area contributed by atoms with E-state index in [4.69, 9.17) is 0 Å². The Morgan fingerprint density at radius 3 is 1.16 bits per heavy atom. The zero-order chi connectivity index (χ0) is 31.2. The Balaban J connectivity index is 1.99. The predicted molar refractivity (Wildman–Crippen MR) is 140 cm³/mol. The standard InChI is InChI=1S/C32H7F5N6/c33-22-3-1-14(5-24(22)35)26-20(12-42)30-18(28(26)16(8-38)9-39)7-19-29(17(10-40)11-41)27(21(13-43)31(19)32(30)37)15-2-4-23(34)25(36)6-15/h1-7H. The van der Waals surface area contributed by atoms with Gasteiger partial charge >= 0.3 is 0 Å². The van der Waals surface area contributed by atoms with Crippen molar-refractivity contribution >= 4 is 33.4 Å². The Hall–Kier alpha value is -6.79. The molecule has 3 aromatic rings. The fourth-order valence-electron chi connectivity index (χ4n) is 5.20. The van der Waals surface area contributed by atoms with E-state index in [2.05, 4.69) is 0 Å². The summed E-state index contributed by atoms with van der Waals surface area (Å²) in [5, 5.41) is 59.3. The van der Waals surface area contributed by atoms with Gasteiger partial charge in [-0.3, -0.25) is 0 Å². The van der Waals surface area contributed by atoms with E-state index in [1.807, 2.05) is 0 Å². The van der Waals surface area contributed by atoms with Crippen LogP contribution >= 0.6 is 0 Å². The van der Waals surface area contributed by atoms with Crippen molar-refractivity contribution in [1.82, 2.24) is 0 Å². The van der Waals surface area contributed by atoms with Gasteiger partial charge in [0.25, 0.3) is 0 Å². The van der Waals surface area contributed by atoms with Crippen molar-refractivity contribution in [2.75, 3.05) is 0 Å². The molecule has 0 aliphatic heterocycles. The summed E-state index contributed by atoms with van der Waals surface area (Å²) in [6.45, 7) is 0. The first-order valence-electron chi connectivity index (χ1n) is 11.8. The minimum Gasteiger partial charge on any atom is -0.206 e. The Kier molecular flexibility index (Phi) is 6.66. The lowest BCUT2D eigenvalue weighted by molar-refractivity contribution is 0.508. The molecule has 0 spiro atoms. The summed E-state index contributed by atoms with van der Waals surface area (Å²) in [5.41, 5.74) is -5.25. The summed E-state index contributed by atoms with van der Waals surface area (Å²) in [4.78, 5) is 0. The molecule has 0 saturated heterocycles. The highest BCUT2D eigenvalue weighted by molar-refractivity contribution is 6.30. The zero-order valence-electron chi connectivity index (χ0n) is 21.1. The average molecular weight is 570 g/mol. The van der Waals surface area contributed by atoms with E-state index < -0.39 is 62.5 Å². The van der Waals surface area contributed by atoms with Gasteiger partial charge in [-0.1, -0.05) is 12.1 Å². The molecule has 11 heteroatoms. The van der Waals surface area contributed by atoms with E-state index in [0.29, 0.717) is 12.1 Å². The van der Waals surface area contributed by atoms with Gasteiger partial charge < -0.3 is 0 Å². The lowest BCUT2D eigenvalue weighted by atomic mass is 9.89. The molecule has 0 aromatic heterocycles. The summed E-state index contributed by atoms with van der Waals surface area (Å²) in [7, 11) is 0. The second-order valence-corrected chi connectivity index (χ2v) is 8.96. The van der Waals surface area contributed by atoms with Crippen LogP contribution < -0.4 is 0 Å². The van der Waals surface area contributed by atoms with Crippen LogP contribution in [0.3, 0.4) is 0 Å². The van der Waals surface area contributed by atoms with E-state index in [0.717, 1.165) is 30.3 Å². The van der Waals surface area contributed by atoms with E-state index in [1.165, 1.54) is 0 Å². The van der Waals surface area contributed by atoms with Crippen LogP contribution in [0.15, 0.2) is 53.6 Å². The van der Waals surface area contributed by atoms with Crippen molar-refractivity contribution in [2.45, 2.75) is 0 Å². The highest BCUT2D eigenvalue weighted by Gasteiger charge is 2.40. The maximum absolute atomic E-state index is 16.7. The van der Waals surface area contributed by atoms with Gasteiger partial charge in [-0.05, 0) is 52.6 Å². The number of halogens is 5. The van der Waals surface area contributed by atoms with Crippen molar-refractivity contribution in [3.8, 4) is 36.4 Å². The van der Waals surface area contributed by atoms with Gasteiger partial charge in [0.05, 0.1) is 11.1 Å². The molecule has 0 radical (unpaired) electrons. The molecular formula is C32H7F5N6. The predicted octanol–water partition coefficient (Wildman–Crippen LogP) is 6.88. The topological polar surface area (TPSA) is 143 Å². The molecule has 0 unspecified atom stereocenters. The number of nitriles is 6. The van der Waals surface area contributed by atoms with Gasteiger partial charge in [0, 0.05) is 33.4 Å². The fraction of sp³-hybridized carbons (Fsp3) is 0. The Labute approximate surface area is 239 Å². The molecule has 0 amide bonds. The van der Waals surface area contributed by atoms with E-state index in [-0.39, 0.29) is 44.5 Å². The molecule has 5 rings (SSSR count). The lowest BCUT2D eigenvalue weighted by Crippen LogP contribution is -2.00. The molecule has 2 aliphatic carbocycles. The van der Waals surface area contributed by atoms with Crippen molar-refractivity contribution < 1.29 is 22.0 Å². The second-order valence-electron chi connectivity index (χ2n) is 8.96. The molecule has 0 bridgehead atoms. The molecule has 0 atom stereocenters. The number of nitrogens with zero attached hydrogens (tertiary/aromatic N) is 6. The van der Waals surface area contributed by atoms with Crippen LogP contribution in [0.1, 0.15) is 33.4 Å². The largest absolute Gasteiger partial charge is 0.206 e. The van der Waals surface area contributed by atoms with Crippen LogP contribution in [0, 0.1) is 97.1 Å². The Morgan fingerprint density at radius 1 is 0.488 bits per heavy atom. The first-order chi connectivity index (χ1) is 20.7. The van der Waals surface area contributed by atoms with E-state index >= 15 is 4.39 Å². The summed E-state index contributed by atoms with van der Waals surface area (Å²) in [6, 6.07) is 16.3. The Bertz CT molecular complexity index is 2060. The summed E-state index contributed by atoms with van der Waals surface area (Å²) in [6.07, 6.45) is 0. The van der Waals surface area contributed by atoms with Crippen LogP contribution in [0.5, 0.6) is 0 Å². The van der Waals surface area contributed by atoms with Gasteiger partial charge in [-0.15, -0.1) is 0 Å². The molecule has 6 nitrogen and oxygen atoms in total. The zero-order valence-corrected chi connectivity index (χ0v) is 21.1. The summed E-state index contributed by atoms with van der Waals surface area (Å²) in [5.74, 6) is -6.38. The molecule has 2 aliphatic rings. The molecule has 0 N–H and O–H groups in total. The number of benzene rings is 3. The van der Waals surface area contributed by atoms with Crippen LogP contribution in [0.2, 0.25) is 0 Å². The lowest BCUT2D eigenvalue weighted by Gasteiger charge is -2.12. The quantitative estimate of drug-likeness (QED) is 0.243. The van der Waals surface area contributed by atoms with Crippen LogP contribution in [0.25, 0.3) is 33.4 Å². The monoisotopic (exact) mass is 570 g/mol. The highest BCUT2D eigenvalue weighted by Crippen LogP contribution is 2.55. The van der Waals surface area contributed by atoms with Crippen LogP contribution in [-0.4, -0.2) is 0 Å². The maximum atomic E-state index is 16.7. The van der Waals surface area contributed by atoms with Crippen LogP contribution in [-0.2, 0) is 0 Å². The van der Waals surface area contributed by atoms with Gasteiger partial charge in [0.15, 0.2) is 23.3 Å². The van der Waals surface area contributed by atoms with Crippen molar-refractivity contribution in [3.05, 3.63) is 116 Å². The normalized spacial score (nSPS) is 12.8. The van der Waals surface area contributed by atoms with Gasteiger partial charge in [-0.2, -0.15) is 31.6 Å². The van der Waals surface area contributed by atoms with Gasteiger partial charge in [-0.25, -0.2) is 22.0 Å². The third kappa shape index (κ3) is 3.95.